The largest absolute Gasteiger partial charge is 0.319 e. The lowest BCUT2D eigenvalue weighted by Crippen LogP contribution is -2.16. The van der Waals surface area contributed by atoms with Gasteiger partial charge in [-0.15, -0.1) is 5.10 Å². The van der Waals surface area contributed by atoms with Gasteiger partial charge in [-0.2, -0.15) is 0 Å². The summed E-state index contributed by atoms with van der Waals surface area (Å²) in [5, 5.41) is 7.34. The highest BCUT2D eigenvalue weighted by atomic mass is 19.1. The van der Waals surface area contributed by atoms with E-state index >= 15 is 0 Å². The van der Waals surface area contributed by atoms with Gasteiger partial charge in [0.05, 0.1) is 5.69 Å². The summed E-state index contributed by atoms with van der Waals surface area (Å²) in [6.07, 6.45) is 0. The van der Waals surface area contributed by atoms with Gasteiger partial charge in [0, 0.05) is 11.3 Å². The minimum absolute atomic E-state index is 0.0378. The molecule has 0 aliphatic carbocycles. The minimum Gasteiger partial charge on any atom is -0.319 e. The van der Waals surface area contributed by atoms with Gasteiger partial charge in [0.15, 0.2) is 5.82 Å². The van der Waals surface area contributed by atoms with E-state index in [0.717, 1.165) is 22.5 Å². The molecule has 144 valence electrons. The molecule has 29 heavy (non-hydrogen) atoms. The van der Waals surface area contributed by atoms with Gasteiger partial charge < -0.3 is 5.32 Å². The first kappa shape index (κ1) is 18.6. The summed E-state index contributed by atoms with van der Waals surface area (Å²) in [5.41, 5.74) is 4.08. The van der Waals surface area contributed by atoms with Gasteiger partial charge in [0.1, 0.15) is 5.82 Å². The third-order valence-electron chi connectivity index (χ3n) is 4.63. The second-order valence-electron chi connectivity index (χ2n) is 6.73. The number of hydrogen-bond donors (Lipinski definition) is 1. The predicted octanol–water partition coefficient (Wildman–Crippen LogP) is 4.94. The first-order valence-corrected chi connectivity index (χ1v) is 9.19. The molecule has 0 bridgehead atoms. The molecule has 0 radical (unpaired) electrons. The number of hydrogen-bond acceptors (Lipinski definition) is 3. The van der Waals surface area contributed by atoms with E-state index in [4.69, 9.17) is 0 Å². The van der Waals surface area contributed by atoms with Crippen molar-refractivity contribution in [1.29, 1.82) is 0 Å². The predicted molar refractivity (Wildman–Crippen MR) is 111 cm³/mol. The Morgan fingerprint density at radius 1 is 0.897 bits per heavy atom. The number of halogens is 1. The standard InChI is InChI=1S/C23H19FN4O/c1-15-7-6-8-16(2)20(15)25-23(29)21-26-22(17-11-13-18(24)14-12-17)28(27-21)19-9-4-3-5-10-19/h3-14H,1-2H3,(H,25,29). The zero-order valence-electron chi connectivity index (χ0n) is 16.1. The van der Waals surface area contributed by atoms with Crippen LogP contribution in [-0.4, -0.2) is 20.7 Å². The maximum absolute atomic E-state index is 13.4. The van der Waals surface area contributed by atoms with Crippen LogP contribution in [0.3, 0.4) is 0 Å². The van der Waals surface area contributed by atoms with E-state index in [-0.39, 0.29) is 11.6 Å². The number of anilines is 1. The monoisotopic (exact) mass is 386 g/mol. The fraction of sp³-hybridized carbons (Fsp3) is 0.0870. The van der Waals surface area contributed by atoms with Gasteiger partial charge >= 0.3 is 0 Å². The van der Waals surface area contributed by atoms with Crippen LogP contribution in [-0.2, 0) is 0 Å². The van der Waals surface area contributed by atoms with Crippen molar-refractivity contribution in [1.82, 2.24) is 14.8 Å². The molecule has 0 fully saturated rings. The molecule has 0 aliphatic heterocycles. The number of aryl methyl sites for hydroxylation is 2. The number of aromatic nitrogens is 3. The van der Waals surface area contributed by atoms with Crippen LogP contribution < -0.4 is 5.32 Å². The number of para-hydroxylation sites is 2. The summed E-state index contributed by atoms with van der Waals surface area (Å²) in [6.45, 7) is 3.87. The molecule has 6 heteroatoms. The number of carbonyl (C=O) groups excluding carboxylic acids is 1. The van der Waals surface area contributed by atoms with Crippen LogP contribution >= 0.6 is 0 Å². The smallest absolute Gasteiger partial charge is 0.295 e. The molecule has 4 aromatic rings. The van der Waals surface area contributed by atoms with E-state index in [2.05, 4.69) is 15.4 Å². The van der Waals surface area contributed by atoms with E-state index in [9.17, 15) is 9.18 Å². The molecule has 5 nitrogen and oxygen atoms in total. The quantitative estimate of drug-likeness (QED) is 0.540. The Morgan fingerprint density at radius 3 is 2.21 bits per heavy atom. The van der Waals surface area contributed by atoms with Crippen LogP contribution in [0.25, 0.3) is 17.1 Å². The van der Waals surface area contributed by atoms with E-state index in [1.165, 1.54) is 12.1 Å². The highest BCUT2D eigenvalue weighted by Crippen LogP contribution is 2.23. The molecule has 1 N–H and O–H groups in total. The van der Waals surface area contributed by atoms with Crippen LogP contribution in [0.2, 0.25) is 0 Å². The number of rotatable bonds is 4. The Morgan fingerprint density at radius 2 is 1.55 bits per heavy atom. The maximum Gasteiger partial charge on any atom is 0.295 e. The summed E-state index contributed by atoms with van der Waals surface area (Å²) in [7, 11) is 0. The summed E-state index contributed by atoms with van der Waals surface area (Å²) >= 11 is 0. The zero-order chi connectivity index (χ0) is 20.4. The highest BCUT2D eigenvalue weighted by Gasteiger charge is 2.20. The average molecular weight is 386 g/mol. The summed E-state index contributed by atoms with van der Waals surface area (Å²) < 4.78 is 15.0. The van der Waals surface area contributed by atoms with Gasteiger partial charge in [-0.05, 0) is 61.4 Å². The fourth-order valence-electron chi connectivity index (χ4n) is 3.12. The number of carbonyl (C=O) groups is 1. The molecule has 3 aromatic carbocycles. The number of amides is 1. The molecule has 0 saturated carbocycles. The Kier molecular flexibility index (Phi) is 4.91. The topological polar surface area (TPSA) is 59.8 Å². The Hall–Kier alpha value is -3.80. The van der Waals surface area contributed by atoms with Gasteiger partial charge in [0.2, 0.25) is 5.82 Å². The lowest BCUT2D eigenvalue weighted by molar-refractivity contribution is 0.101. The fourth-order valence-corrected chi connectivity index (χ4v) is 3.12. The first-order valence-electron chi connectivity index (χ1n) is 9.19. The molecular formula is C23H19FN4O. The highest BCUT2D eigenvalue weighted by molar-refractivity contribution is 6.02. The molecule has 1 aromatic heterocycles. The zero-order valence-corrected chi connectivity index (χ0v) is 16.1. The normalized spacial score (nSPS) is 10.7. The average Bonchev–Trinajstić information content (AvgIpc) is 3.17. The van der Waals surface area contributed by atoms with Crippen molar-refractivity contribution < 1.29 is 9.18 Å². The van der Waals surface area contributed by atoms with Crippen molar-refractivity contribution in [3.63, 3.8) is 0 Å². The maximum atomic E-state index is 13.4. The van der Waals surface area contributed by atoms with Crippen LogP contribution in [0.15, 0.2) is 72.8 Å². The Bertz CT molecular complexity index is 1150. The molecule has 1 amide bonds. The number of nitrogens with zero attached hydrogens (tertiary/aromatic N) is 3. The lowest BCUT2D eigenvalue weighted by Gasteiger charge is -2.09. The Labute approximate surface area is 167 Å². The van der Waals surface area contributed by atoms with Crippen molar-refractivity contribution >= 4 is 11.6 Å². The summed E-state index contributed by atoms with van der Waals surface area (Å²) in [6, 6.07) is 21.1. The second kappa shape index (κ2) is 7.67. The summed E-state index contributed by atoms with van der Waals surface area (Å²) in [4.78, 5) is 17.4. The van der Waals surface area contributed by atoms with Crippen LogP contribution in [0.1, 0.15) is 21.7 Å². The van der Waals surface area contributed by atoms with E-state index in [1.807, 2.05) is 62.4 Å². The SMILES string of the molecule is Cc1cccc(C)c1NC(=O)c1nc(-c2ccc(F)cc2)n(-c2ccccc2)n1. The third kappa shape index (κ3) is 3.78. The van der Waals surface area contributed by atoms with E-state index < -0.39 is 5.91 Å². The van der Waals surface area contributed by atoms with Crippen LogP contribution in [0.5, 0.6) is 0 Å². The number of benzene rings is 3. The van der Waals surface area contributed by atoms with Crippen molar-refractivity contribution in [2.75, 3.05) is 5.32 Å². The molecule has 1 heterocycles. The molecule has 0 unspecified atom stereocenters. The van der Waals surface area contributed by atoms with E-state index in [1.54, 1.807) is 16.8 Å². The lowest BCUT2D eigenvalue weighted by atomic mass is 10.1. The third-order valence-corrected chi connectivity index (χ3v) is 4.63. The molecule has 0 aliphatic rings. The van der Waals surface area contributed by atoms with Crippen molar-refractivity contribution in [3.8, 4) is 17.1 Å². The van der Waals surface area contributed by atoms with Crippen LogP contribution in [0, 0.1) is 19.7 Å². The minimum atomic E-state index is -0.402. The number of nitrogens with one attached hydrogen (secondary N) is 1. The molecule has 0 atom stereocenters. The van der Waals surface area contributed by atoms with Gasteiger partial charge in [-0.1, -0.05) is 36.4 Å². The van der Waals surface area contributed by atoms with Crippen molar-refractivity contribution in [3.05, 3.63) is 95.6 Å². The van der Waals surface area contributed by atoms with Crippen molar-refractivity contribution in [2.24, 2.45) is 0 Å². The molecule has 0 spiro atoms. The summed E-state index contributed by atoms with van der Waals surface area (Å²) in [5.74, 6) is -0.244. The molecular weight excluding hydrogens is 367 g/mol. The Balaban J connectivity index is 1.77. The van der Waals surface area contributed by atoms with Crippen molar-refractivity contribution in [2.45, 2.75) is 13.8 Å². The first-order chi connectivity index (χ1) is 14.0. The van der Waals surface area contributed by atoms with Gasteiger partial charge in [-0.3, -0.25) is 4.79 Å². The molecule has 0 saturated heterocycles. The van der Waals surface area contributed by atoms with Gasteiger partial charge in [0.25, 0.3) is 5.91 Å². The molecule has 4 rings (SSSR count). The van der Waals surface area contributed by atoms with E-state index in [0.29, 0.717) is 11.4 Å². The second-order valence-corrected chi connectivity index (χ2v) is 6.73. The van der Waals surface area contributed by atoms with Crippen LogP contribution in [0.4, 0.5) is 10.1 Å². The van der Waals surface area contributed by atoms with Gasteiger partial charge in [-0.25, -0.2) is 14.1 Å².